The Balaban J connectivity index is 1.84. The summed E-state index contributed by atoms with van der Waals surface area (Å²) in [6, 6.07) is 9.89. The number of benzene rings is 1. The van der Waals surface area contributed by atoms with Crippen molar-refractivity contribution in [2.75, 3.05) is 6.54 Å². The zero-order chi connectivity index (χ0) is 11.0. The molecule has 1 aromatic rings. The average Bonchev–Trinajstić information content (AvgIpc) is 2.43. The van der Waals surface area contributed by atoms with Crippen molar-refractivity contribution in [2.45, 2.75) is 44.6 Å². The molecule has 16 heavy (non-hydrogen) atoms. The third-order valence-electron chi connectivity index (χ3n) is 4.45. The van der Waals surface area contributed by atoms with Gasteiger partial charge in [-0.25, -0.2) is 0 Å². The first-order chi connectivity index (χ1) is 7.90. The first kappa shape index (κ1) is 10.3. The highest BCUT2D eigenvalue weighted by atomic mass is 14.9. The molecule has 0 spiro atoms. The Hall–Kier alpha value is -0.820. The van der Waals surface area contributed by atoms with Crippen LogP contribution in [0.4, 0.5) is 0 Å². The van der Waals surface area contributed by atoms with E-state index < -0.39 is 0 Å². The maximum Gasteiger partial charge on any atom is 0.0107 e. The van der Waals surface area contributed by atoms with E-state index in [9.17, 15) is 0 Å². The lowest BCUT2D eigenvalue weighted by Gasteiger charge is -2.45. The molecule has 0 aliphatic heterocycles. The molecule has 1 aromatic carbocycles. The summed E-state index contributed by atoms with van der Waals surface area (Å²) in [5.41, 5.74) is 3.27. The molecule has 2 aliphatic carbocycles. The highest BCUT2D eigenvalue weighted by molar-refractivity contribution is 5.35. The molecular formula is C15H21N. The number of hydrogen-bond donors (Lipinski definition) is 1. The molecule has 0 amide bonds. The monoisotopic (exact) mass is 215 g/mol. The molecule has 1 heteroatoms. The average molecular weight is 215 g/mol. The topological polar surface area (TPSA) is 12.0 Å². The zero-order valence-electron chi connectivity index (χ0n) is 10.1. The second-order valence-corrected chi connectivity index (χ2v) is 5.26. The minimum absolute atomic E-state index is 0.793. The van der Waals surface area contributed by atoms with E-state index >= 15 is 0 Å². The summed E-state index contributed by atoms with van der Waals surface area (Å²) in [6.45, 7) is 3.34. The number of fused-ring (bicyclic) bond motifs is 3. The van der Waals surface area contributed by atoms with Gasteiger partial charge in [0, 0.05) is 6.04 Å². The Morgan fingerprint density at radius 1 is 1.31 bits per heavy atom. The Labute approximate surface area is 98.3 Å². The quantitative estimate of drug-likeness (QED) is 0.799. The van der Waals surface area contributed by atoms with Crippen LogP contribution in [0.2, 0.25) is 0 Å². The second kappa shape index (κ2) is 4.21. The van der Waals surface area contributed by atoms with Crippen molar-refractivity contribution in [3.63, 3.8) is 0 Å². The Bertz CT molecular complexity index is 371. The van der Waals surface area contributed by atoms with Crippen LogP contribution in [0.1, 0.15) is 43.2 Å². The highest BCUT2D eigenvalue weighted by Gasteiger charge is 2.42. The fourth-order valence-electron chi connectivity index (χ4n) is 3.62. The lowest BCUT2D eigenvalue weighted by atomic mass is 9.65. The van der Waals surface area contributed by atoms with E-state index in [2.05, 4.69) is 36.5 Å². The van der Waals surface area contributed by atoms with Crippen molar-refractivity contribution < 1.29 is 0 Å². The summed E-state index contributed by atoms with van der Waals surface area (Å²) in [7, 11) is 0. The first-order valence-electron chi connectivity index (χ1n) is 6.71. The Kier molecular flexibility index (Phi) is 2.72. The predicted molar refractivity (Wildman–Crippen MR) is 67.7 cm³/mol. The summed E-state index contributed by atoms with van der Waals surface area (Å²) in [5, 5.41) is 3.64. The van der Waals surface area contributed by atoms with Crippen molar-refractivity contribution in [2.24, 2.45) is 5.92 Å². The van der Waals surface area contributed by atoms with Crippen molar-refractivity contribution in [1.82, 2.24) is 5.32 Å². The van der Waals surface area contributed by atoms with Crippen molar-refractivity contribution in [1.29, 1.82) is 0 Å². The van der Waals surface area contributed by atoms with Crippen LogP contribution in [0.3, 0.4) is 0 Å². The van der Waals surface area contributed by atoms with Crippen LogP contribution >= 0.6 is 0 Å². The van der Waals surface area contributed by atoms with Crippen LogP contribution in [0.25, 0.3) is 0 Å². The lowest BCUT2D eigenvalue weighted by molar-refractivity contribution is 0.159. The van der Waals surface area contributed by atoms with E-state index in [1.165, 1.54) is 25.7 Å². The van der Waals surface area contributed by atoms with Gasteiger partial charge in [-0.3, -0.25) is 0 Å². The molecule has 0 heterocycles. The number of nitrogens with one attached hydrogen (secondary N) is 1. The van der Waals surface area contributed by atoms with Crippen LogP contribution in [-0.4, -0.2) is 12.6 Å². The Morgan fingerprint density at radius 2 is 2.19 bits per heavy atom. The zero-order valence-corrected chi connectivity index (χ0v) is 10.1. The fraction of sp³-hybridized carbons (Fsp3) is 0.600. The van der Waals surface area contributed by atoms with E-state index in [1.54, 1.807) is 11.1 Å². The van der Waals surface area contributed by atoms with Gasteiger partial charge in [-0.2, -0.15) is 0 Å². The molecule has 2 aliphatic rings. The molecule has 1 nitrogen and oxygen atoms in total. The van der Waals surface area contributed by atoms with Crippen LogP contribution < -0.4 is 5.32 Å². The predicted octanol–water partition coefficient (Wildman–Crippen LogP) is 3.10. The third-order valence-corrected chi connectivity index (χ3v) is 4.45. The number of rotatable bonds is 2. The molecule has 0 bridgehead atoms. The Morgan fingerprint density at radius 3 is 3.06 bits per heavy atom. The summed E-state index contributed by atoms with van der Waals surface area (Å²) >= 11 is 0. The van der Waals surface area contributed by atoms with Gasteiger partial charge < -0.3 is 5.32 Å². The molecule has 0 radical (unpaired) electrons. The van der Waals surface area contributed by atoms with Gasteiger partial charge in [-0.05, 0) is 55.2 Å². The summed E-state index contributed by atoms with van der Waals surface area (Å²) < 4.78 is 0. The van der Waals surface area contributed by atoms with E-state index in [1.807, 2.05) is 0 Å². The first-order valence-corrected chi connectivity index (χ1v) is 6.71. The normalized spacial score (nSPS) is 32.2. The fourth-order valence-corrected chi connectivity index (χ4v) is 3.62. The molecular weight excluding hydrogens is 194 g/mol. The van der Waals surface area contributed by atoms with Gasteiger partial charge in [0.15, 0.2) is 0 Å². The van der Waals surface area contributed by atoms with Gasteiger partial charge in [0.05, 0.1) is 0 Å². The van der Waals surface area contributed by atoms with Crippen molar-refractivity contribution >= 4 is 0 Å². The van der Waals surface area contributed by atoms with Crippen molar-refractivity contribution in [3.8, 4) is 0 Å². The molecule has 3 rings (SSSR count). The molecule has 3 atom stereocenters. The minimum Gasteiger partial charge on any atom is -0.314 e. The molecule has 1 fully saturated rings. The molecule has 1 N–H and O–H groups in total. The molecule has 0 saturated heterocycles. The van der Waals surface area contributed by atoms with Crippen LogP contribution in [0.5, 0.6) is 0 Å². The van der Waals surface area contributed by atoms with Gasteiger partial charge in [0.2, 0.25) is 0 Å². The van der Waals surface area contributed by atoms with Crippen molar-refractivity contribution in [3.05, 3.63) is 35.4 Å². The highest BCUT2D eigenvalue weighted by Crippen LogP contribution is 2.48. The van der Waals surface area contributed by atoms with Gasteiger partial charge in [0.25, 0.3) is 0 Å². The van der Waals surface area contributed by atoms with Crippen LogP contribution in [-0.2, 0) is 6.42 Å². The lowest BCUT2D eigenvalue weighted by Crippen LogP contribution is -2.48. The summed E-state index contributed by atoms with van der Waals surface area (Å²) in [5.74, 6) is 1.76. The SMILES string of the molecule is CCNC1CC2c3ccccc3CCCC12. The summed E-state index contributed by atoms with van der Waals surface area (Å²) in [6.07, 6.45) is 5.44. The van der Waals surface area contributed by atoms with Gasteiger partial charge >= 0.3 is 0 Å². The second-order valence-electron chi connectivity index (χ2n) is 5.26. The minimum atomic E-state index is 0.793. The van der Waals surface area contributed by atoms with E-state index in [0.29, 0.717) is 0 Å². The van der Waals surface area contributed by atoms with E-state index in [-0.39, 0.29) is 0 Å². The molecule has 3 unspecified atom stereocenters. The van der Waals surface area contributed by atoms with Crippen LogP contribution in [0.15, 0.2) is 24.3 Å². The smallest absolute Gasteiger partial charge is 0.0107 e. The molecule has 1 saturated carbocycles. The van der Waals surface area contributed by atoms with E-state index in [4.69, 9.17) is 0 Å². The maximum atomic E-state index is 3.64. The van der Waals surface area contributed by atoms with Gasteiger partial charge in [0.1, 0.15) is 0 Å². The third kappa shape index (κ3) is 1.58. The largest absolute Gasteiger partial charge is 0.314 e. The molecule has 86 valence electrons. The van der Waals surface area contributed by atoms with Gasteiger partial charge in [-0.1, -0.05) is 31.2 Å². The van der Waals surface area contributed by atoms with Gasteiger partial charge in [-0.15, -0.1) is 0 Å². The van der Waals surface area contributed by atoms with Crippen LogP contribution in [0, 0.1) is 5.92 Å². The summed E-state index contributed by atoms with van der Waals surface area (Å²) in [4.78, 5) is 0. The standard InChI is InChI=1S/C15H21N/c1-2-16-15-10-14-12-8-4-3-6-11(12)7-5-9-13(14)15/h3-4,6,8,13-16H,2,5,7,9-10H2,1H3. The number of hydrogen-bond acceptors (Lipinski definition) is 1. The number of aryl methyl sites for hydroxylation is 1. The van der Waals surface area contributed by atoms with E-state index in [0.717, 1.165) is 24.4 Å². The maximum absolute atomic E-state index is 3.64. The molecule has 0 aromatic heterocycles.